The van der Waals surface area contributed by atoms with Crippen LogP contribution in [0.4, 0.5) is 42.5 Å². The summed E-state index contributed by atoms with van der Waals surface area (Å²) in [6.45, 7) is 7.58. The summed E-state index contributed by atoms with van der Waals surface area (Å²) < 4.78 is 96.8. The Morgan fingerprint density at radius 2 is 1.07 bits per heavy atom. The number of aryl methyl sites for hydroxylation is 2. The van der Waals surface area contributed by atoms with Gasteiger partial charge in [0.1, 0.15) is 5.60 Å². The number of halogens is 6. The number of rotatable bonds is 12. The van der Waals surface area contributed by atoms with E-state index in [9.17, 15) is 40.7 Å². The van der Waals surface area contributed by atoms with Crippen molar-refractivity contribution >= 4 is 40.7 Å². The molecule has 0 bridgehead atoms. The monoisotopic (exact) mass is 1010 g/mol. The van der Waals surface area contributed by atoms with E-state index >= 15 is 0 Å². The lowest BCUT2D eigenvalue weighted by Gasteiger charge is -2.28. The van der Waals surface area contributed by atoms with Crippen molar-refractivity contribution in [2.75, 3.05) is 37.5 Å². The van der Waals surface area contributed by atoms with Gasteiger partial charge in [0.2, 0.25) is 0 Å². The average molecular weight is 1010 g/mol. The standard InChI is InChI=1S/C29H29F3N4O4.C24H21F3N4O2/c1-18-14-20(6-7-22(18)26(37)39-5)24-16-34-25-23(15-21(17-36(24)25)19-8-11-33-12-9-19)35(13-10-29(30,31)32)27(38)40-28(2,3)4;1-15-11-17(3-4-19(15)23(32)33-2)21-13-30-22-20(29-10-7-24(25,26)27)12-18(14-31(21)22)16-5-8-28-9-6-16/h6-9,11-12,14-17H,10,13H2,1-5H3;3-6,8-9,11-14,29H,7,10H2,1-2H3. The third-order valence-corrected chi connectivity index (χ3v) is 11.3. The normalized spacial score (nSPS) is 11.7. The Balaban J connectivity index is 0.000000218. The number of hydrogen-bond acceptors (Lipinski definition) is 11. The van der Waals surface area contributed by atoms with Crippen LogP contribution < -0.4 is 10.2 Å². The van der Waals surface area contributed by atoms with Crippen LogP contribution in [0.3, 0.4) is 0 Å². The molecule has 0 atom stereocenters. The van der Waals surface area contributed by atoms with Crippen molar-refractivity contribution < 1.29 is 54.9 Å². The zero-order valence-corrected chi connectivity index (χ0v) is 40.7. The summed E-state index contributed by atoms with van der Waals surface area (Å²) in [7, 11) is 2.63. The molecular weight excluding hydrogens is 959 g/mol. The molecule has 14 nitrogen and oxygen atoms in total. The van der Waals surface area contributed by atoms with Crippen molar-refractivity contribution in [2.45, 2.75) is 65.4 Å². The Morgan fingerprint density at radius 3 is 1.52 bits per heavy atom. The molecule has 6 aromatic heterocycles. The van der Waals surface area contributed by atoms with E-state index in [1.54, 1.807) is 130 Å². The number of aromatic nitrogens is 6. The summed E-state index contributed by atoms with van der Waals surface area (Å²) in [5, 5.41) is 2.88. The second kappa shape index (κ2) is 21.6. The SMILES string of the molecule is COC(=O)c1ccc(-c2cnc3c(N(CCC(F)(F)F)C(=O)OC(C)(C)C)cc(-c4ccncc4)cn23)cc1C.COC(=O)c1ccc(-c2cnc3c(NCCC(F)(F)F)cc(-c4ccncc4)cn23)cc1C. The molecule has 8 aromatic rings. The number of methoxy groups -OCH3 is 2. The third-order valence-electron chi connectivity index (χ3n) is 11.3. The number of nitrogens with zero attached hydrogens (tertiary/aromatic N) is 7. The highest BCUT2D eigenvalue weighted by Crippen LogP contribution is 2.36. The highest BCUT2D eigenvalue weighted by atomic mass is 19.4. The highest BCUT2D eigenvalue weighted by Gasteiger charge is 2.33. The van der Waals surface area contributed by atoms with Gasteiger partial charge >= 0.3 is 30.4 Å². The van der Waals surface area contributed by atoms with E-state index in [0.717, 1.165) is 38.4 Å². The maximum Gasteiger partial charge on any atom is 0.414 e. The van der Waals surface area contributed by atoms with Gasteiger partial charge in [-0.25, -0.2) is 24.4 Å². The van der Waals surface area contributed by atoms with Gasteiger partial charge in [0, 0.05) is 72.5 Å². The molecule has 0 radical (unpaired) electrons. The quantitative estimate of drug-likeness (QED) is 0.0706. The van der Waals surface area contributed by atoms with Gasteiger partial charge in [-0.1, -0.05) is 12.1 Å². The van der Waals surface area contributed by atoms with Crippen molar-refractivity contribution in [3.05, 3.63) is 145 Å². The molecule has 0 unspecified atom stereocenters. The van der Waals surface area contributed by atoms with Crippen molar-refractivity contribution in [1.29, 1.82) is 0 Å². The van der Waals surface area contributed by atoms with E-state index in [0.29, 0.717) is 44.8 Å². The molecule has 0 saturated heterocycles. The molecule has 0 aliphatic rings. The number of hydrogen-bond donors (Lipinski definition) is 1. The number of esters is 2. The van der Waals surface area contributed by atoms with Crippen molar-refractivity contribution in [3.8, 4) is 44.8 Å². The maximum atomic E-state index is 13.3. The minimum absolute atomic E-state index is 0.155. The second-order valence-electron chi connectivity index (χ2n) is 17.7. The van der Waals surface area contributed by atoms with E-state index in [1.807, 2.05) is 35.7 Å². The number of alkyl halides is 6. The van der Waals surface area contributed by atoms with E-state index in [4.69, 9.17) is 14.2 Å². The minimum Gasteiger partial charge on any atom is -0.465 e. The molecular formula is C53H50F6N8O6. The lowest BCUT2D eigenvalue weighted by molar-refractivity contribution is -0.132. The van der Waals surface area contributed by atoms with Gasteiger partial charge in [-0.2, -0.15) is 26.3 Å². The molecule has 6 heterocycles. The Hall–Kier alpha value is -8.29. The largest absolute Gasteiger partial charge is 0.465 e. The zero-order chi connectivity index (χ0) is 52.8. The first kappa shape index (κ1) is 52.5. The Bertz CT molecular complexity index is 3280. The van der Waals surface area contributed by atoms with Crippen LogP contribution in [0.15, 0.2) is 122 Å². The summed E-state index contributed by atoms with van der Waals surface area (Å²) in [6.07, 6.45) is 1.52. The first-order chi connectivity index (χ1) is 34.5. The molecule has 0 saturated carbocycles. The van der Waals surface area contributed by atoms with E-state index in [-0.39, 0.29) is 17.9 Å². The predicted octanol–water partition coefficient (Wildman–Crippen LogP) is 12.4. The first-order valence-electron chi connectivity index (χ1n) is 22.6. The van der Waals surface area contributed by atoms with Crippen LogP contribution in [0.5, 0.6) is 0 Å². The van der Waals surface area contributed by atoms with Crippen molar-refractivity contribution in [3.63, 3.8) is 0 Å². The van der Waals surface area contributed by atoms with Gasteiger partial charge in [-0.3, -0.25) is 23.7 Å². The number of fused-ring (bicyclic) bond motifs is 2. The molecule has 0 fully saturated rings. The minimum atomic E-state index is -4.50. The van der Waals surface area contributed by atoms with Crippen LogP contribution in [0.1, 0.15) is 65.5 Å². The second-order valence-corrected chi connectivity index (χ2v) is 17.7. The third kappa shape index (κ3) is 12.8. The molecule has 1 N–H and O–H groups in total. The Labute approximate surface area is 415 Å². The van der Waals surface area contributed by atoms with Crippen molar-refractivity contribution in [2.24, 2.45) is 0 Å². The number of benzene rings is 2. The van der Waals surface area contributed by atoms with E-state index in [2.05, 4.69) is 25.3 Å². The Kier molecular flexibility index (Phi) is 15.5. The smallest absolute Gasteiger partial charge is 0.414 e. The molecule has 1 amide bonds. The average Bonchev–Trinajstić information content (AvgIpc) is 3.98. The lowest BCUT2D eigenvalue weighted by atomic mass is 10.0. The van der Waals surface area contributed by atoms with Gasteiger partial charge in [-0.05, 0) is 118 Å². The van der Waals surface area contributed by atoms with Gasteiger partial charge < -0.3 is 19.5 Å². The first-order valence-corrected chi connectivity index (χ1v) is 22.6. The van der Waals surface area contributed by atoms with E-state index in [1.165, 1.54) is 14.2 Å². The molecule has 2 aromatic carbocycles. The fourth-order valence-electron chi connectivity index (χ4n) is 7.85. The lowest BCUT2D eigenvalue weighted by Crippen LogP contribution is -2.39. The molecule has 20 heteroatoms. The molecule has 0 spiro atoms. The van der Waals surface area contributed by atoms with Crippen LogP contribution in [-0.4, -0.2) is 92.0 Å². The number of carbonyl (C=O) groups is 3. The number of anilines is 2. The number of amides is 1. The summed E-state index contributed by atoms with van der Waals surface area (Å²) in [4.78, 5) is 55.3. The van der Waals surface area contributed by atoms with Gasteiger partial charge in [0.05, 0.1) is 73.3 Å². The van der Waals surface area contributed by atoms with Crippen LogP contribution in [0.25, 0.3) is 56.1 Å². The van der Waals surface area contributed by atoms with Crippen LogP contribution in [0, 0.1) is 13.8 Å². The number of imidazole rings is 2. The fraction of sp³-hybridized carbons (Fsp3) is 0.264. The number of ether oxygens (including phenoxy) is 3. The van der Waals surface area contributed by atoms with Crippen LogP contribution in [0.2, 0.25) is 0 Å². The molecule has 380 valence electrons. The molecule has 0 aliphatic heterocycles. The zero-order valence-electron chi connectivity index (χ0n) is 40.7. The topological polar surface area (TPSA) is 155 Å². The summed E-state index contributed by atoms with van der Waals surface area (Å²) in [6, 6.07) is 21.1. The number of pyridine rings is 4. The Morgan fingerprint density at radius 1 is 0.603 bits per heavy atom. The van der Waals surface area contributed by atoms with Crippen LogP contribution >= 0.6 is 0 Å². The van der Waals surface area contributed by atoms with Crippen molar-refractivity contribution in [1.82, 2.24) is 28.7 Å². The van der Waals surface area contributed by atoms with Gasteiger partial charge in [0.15, 0.2) is 11.3 Å². The predicted molar refractivity (Wildman–Crippen MR) is 263 cm³/mol. The van der Waals surface area contributed by atoms with Gasteiger partial charge in [-0.15, -0.1) is 0 Å². The summed E-state index contributed by atoms with van der Waals surface area (Å²) in [5.41, 5.74) is 8.59. The van der Waals surface area contributed by atoms with Gasteiger partial charge in [0.25, 0.3) is 0 Å². The molecule has 8 rings (SSSR count). The summed E-state index contributed by atoms with van der Waals surface area (Å²) >= 11 is 0. The maximum absolute atomic E-state index is 13.3. The van der Waals surface area contributed by atoms with Crippen LogP contribution in [-0.2, 0) is 14.2 Å². The highest BCUT2D eigenvalue weighted by molar-refractivity contribution is 5.95. The molecule has 73 heavy (non-hydrogen) atoms. The van der Waals surface area contributed by atoms with E-state index < -0.39 is 55.4 Å². The number of carbonyl (C=O) groups excluding carboxylic acids is 3. The molecule has 0 aliphatic carbocycles. The summed E-state index contributed by atoms with van der Waals surface area (Å²) in [5.74, 6) is -0.893. The number of nitrogens with one attached hydrogen (secondary N) is 1. The fourth-order valence-corrected chi connectivity index (χ4v) is 7.85.